The molecule has 1 aliphatic carbocycles. The molecule has 0 heterocycles. The summed E-state index contributed by atoms with van der Waals surface area (Å²) in [5, 5.41) is 0. The Morgan fingerprint density at radius 1 is 0.920 bits per heavy atom. The Morgan fingerprint density at radius 2 is 1.40 bits per heavy atom. The molecule has 0 N–H and O–H groups in total. The average molecular weight is 369 g/mol. The molecular formula is C21H25ClO3. The fourth-order valence-corrected chi connectivity index (χ4v) is 3.16. The van der Waals surface area contributed by atoms with E-state index in [0.717, 1.165) is 13.3 Å². The van der Waals surface area contributed by atoms with Gasteiger partial charge in [-0.25, -0.2) is 0 Å². The summed E-state index contributed by atoms with van der Waals surface area (Å²) in [5.74, 6) is -1.45. The van der Waals surface area contributed by atoms with Gasteiger partial charge in [0.25, 0.3) is 0 Å². The van der Waals surface area contributed by atoms with E-state index < -0.39 is 41.3 Å². The maximum absolute atomic E-state index is 11.4. The number of benzene rings is 2. The zero-order valence-electron chi connectivity index (χ0n) is 22.2. The van der Waals surface area contributed by atoms with Crippen molar-refractivity contribution in [2.45, 2.75) is 44.4 Å². The van der Waals surface area contributed by atoms with Crippen LogP contribution in [-0.4, -0.2) is 13.1 Å². The molecule has 2 aromatic carbocycles. The molecule has 0 radical (unpaired) electrons. The van der Waals surface area contributed by atoms with Gasteiger partial charge in [0.2, 0.25) is 0 Å². The zero-order chi connectivity index (χ0) is 24.0. The first-order valence-electron chi connectivity index (χ1n) is 11.9. The Labute approximate surface area is 167 Å². The molecule has 25 heavy (non-hydrogen) atoms. The van der Waals surface area contributed by atoms with E-state index in [1.165, 1.54) is 7.11 Å². The summed E-state index contributed by atoms with van der Waals surface area (Å²) in [6.45, 7) is 1.10. The summed E-state index contributed by atoms with van der Waals surface area (Å²) in [4.78, 5) is 11.4. The second-order valence-electron chi connectivity index (χ2n) is 5.85. The summed E-state index contributed by atoms with van der Waals surface area (Å²) in [5.41, 5.74) is -1.23. The third-order valence-electron chi connectivity index (χ3n) is 4.32. The van der Waals surface area contributed by atoms with Crippen LogP contribution in [0.4, 0.5) is 0 Å². The van der Waals surface area contributed by atoms with Crippen LogP contribution in [-0.2, 0) is 10.2 Å². The first kappa shape index (κ1) is 10.9. The van der Waals surface area contributed by atoms with Crippen molar-refractivity contribution in [3.8, 4) is 11.5 Å². The van der Waals surface area contributed by atoms with Crippen molar-refractivity contribution >= 4 is 18.4 Å². The van der Waals surface area contributed by atoms with Crippen molar-refractivity contribution in [2.75, 3.05) is 7.11 Å². The number of methoxy groups -OCH3 is 1. The molecule has 0 aromatic heterocycles. The Bertz CT molecular complexity index is 1040. The lowest BCUT2D eigenvalue weighted by Crippen LogP contribution is -2.30. The third kappa shape index (κ3) is 4.16. The van der Waals surface area contributed by atoms with Gasteiger partial charge in [-0.1, -0.05) is 43.4 Å². The number of hydrogen-bond acceptors (Lipinski definition) is 3. The van der Waals surface area contributed by atoms with Crippen LogP contribution in [0.5, 0.6) is 11.5 Å². The van der Waals surface area contributed by atoms with Gasteiger partial charge in [-0.05, 0) is 48.1 Å². The van der Waals surface area contributed by atoms with Crippen LogP contribution in [0.2, 0.25) is 0 Å². The highest BCUT2D eigenvalue weighted by molar-refractivity contribution is 5.85. The number of halogens is 1. The average Bonchev–Trinajstić information content (AvgIpc) is 2.75. The molecule has 4 heteroatoms. The first-order valence-corrected chi connectivity index (χ1v) is 7.93. The highest BCUT2D eigenvalue weighted by atomic mass is 35.5. The van der Waals surface area contributed by atoms with E-state index in [0.29, 0.717) is 25.7 Å². The maximum atomic E-state index is 11.4. The molecule has 1 saturated carbocycles. The predicted octanol–water partition coefficient (Wildman–Crippen LogP) is 5.29. The summed E-state index contributed by atoms with van der Waals surface area (Å²) in [7, 11) is 1.26. The van der Waals surface area contributed by atoms with Crippen molar-refractivity contribution in [2.24, 2.45) is 0 Å². The molecule has 0 bridgehead atoms. The van der Waals surface area contributed by atoms with Crippen molar-refractivity contribution in [3.63, 3.8) is 0 Å². The minimum absolute atomic E-state index is 0. The molecule has 0 saturated heterocycles. The van der Waals surface area contributed by atoms with Gasteiger partial charge in [0, 0.05) is 12.3 Å². The smallest absolute Gasteiger partial charge is 0.308 e. The molecule has 0 aliphatic heterocycles. The quantitative estimate of drug-likeness (QED) is 0.543. The van der Waals surface area contributed by atoms with Crippen molar-refractivity contribution in [1.29, 1.82) is 0 Å². The zero-order valence-corrected chi connectivity index (χ0v) is 15.0. The topological polar surface area (TPSA) is 35.5 Å². The summed E-state index contributed by atoms with van der Waals surface area (Å²) in [6.07, 6.45) is 2.82. The van der Waals surface area contributed by atoms with E-state index in [9.17, 15) is 4.79 Å². The highest BCUT2D eigenvalue weighted by Crippen LogP contribution is 2.45. The molecule has 3 nitrogen and oxygen atoms in total. The largest absolute Gasteiger partial charge is 0.497 e. The normalized spacial score (nSPS) is 20.2. The van der Waals surface area contributed by atoms with Gasteiger partial charge in [-0.3, -0.25) is 4.79 Å². The third-order valence-corrected chi connectivity index (χ3v) is 4.32. The summed E-state index contributed by atoms with van der Waals surface area (Å²) >= 11 is 0. The van der Waals surface area contributed by atoms with E-state index in [1.807, 2.05) is 0 Å². The van der Waals surface area contributed by atoms with E-state index >= 15 is 0 Å². The lowest BCUT2D eigenvalue weighted by atomic mass is 9.65. The molecule has 1 aliphatic rings. The molecule has 0 atom stereocenters. The van der Waals surface area contributed by atoms with Gasteiger partial charge >= 0.3 is 5.97 Å². The van der Waals surface area contributed by atoms with Gasteiger partial charge < -0.3 is 9.47 Å². The minimum atomic E-state index is -1.27. The highest BCUT2D eigenvalue weighted by Gasteiger charge is 2.35. The summed E-state index contributed by atoms with van der Waals surface area (Å²) < 4.78 is 77.8. The fraction of sp³-hybridized carbons (Fsp3) is 0.381. The Hall–Kier alpha value is -2.00. The maximum Gasteiger partial charge on any atom is 0.308 e. The second-order valence-corrected chi connectivity index (χ2v) is 5.85. The standard InChI is InChI=1S/C21H24O3.ClH/c1-16(22)24-20-12-8-18(9-13-20)21(14-4-3-5-15-21)17-6-10-19(23-2)11-7-17;/h6-13H,3-5,14-15H2,1-2H3;1H/i6D,7D,8D,9D,10D,11D,12D,13D;. The van der Waals surface area contributed by atoms with Crippen LogP contribution < -0.4 is 9.47 Å². The molecular weight excluding hydrogens is 336 g/mol. The molecule has 2 aromatic rings. The monoisotopic (exact) mass is 368 g/mol. The van der Waals surface area contributed by atoms with Gasteiger partial charge in [0.15, 0.2) is 0 Å². The van der Waals surface area contributed by atoms with Crippen LogP contribution in [0.3, 0.4) is 0 Å². The van der Waals surface area contributed by atoms with Gasteiger partial charge in [0.1, 0.15) is 11.5 Å². The molecule has 134 valence electrons. The number of carbonyl (C=O) groups excluding carboxylic acids is 1. The van der Waals surface area contributed by atoms with Crippen LogP contribution in [0.15, 0.2) is 48.3 Å². The van der Waals surface area contributed by atoms with Crippen LogP contribution in [0, 0.1) is 0 Å². The van der Waals surface area contributed by atoms with Gasteiger partial charge in [0.05, 0.1) is 18.1 Å². The first-order chi connectivity index (χ1) is 15.0. The van der Waals surface area contributed by atoms with Crippen LogP contribution >= 0.6 is 12.4 Å². The molecule has 1 fully saturated rings. The van der Waals surface area contributed by atoms with E-state index in [1.54, 1.807) is 0 Å². The fourth-order valence-electron chi connectivity index (χ4n) is 3.16. The van der Waals surface area contributed by atoms with Crippen LogP contribution in [0.25, 0.3) is 0 Å². The number of carbonyl (C=O) groups is 1. The molecule has 0 unspecified atom stereocenters. The minimum Gasteiger partial charge on any atom is -0.497 e. The molecule has 3 rings (SSSR count). The molecule has 0 amide bonds. The van der Waals surface area contributed by atoms with Gasteiger partial charge in [-0.2, -0.15) is 0 Å². The molecule has 0 spiro atoms. The number of rotatable bonds is 4. The van der Waals surface area contributed by atoms with Crippen LogP contribution in [0.1, 0.15) is 61.1 Å². The Kier molecular flexibility index (Phi) is 3.65. The van der Waals surface area contributed by atoms with Gasteiger partial charge in [-0.15, -0.1) is 12.4 Å². The van der Waals surface area contributed by atoms with Crippen molar-refractivity contribution in [3.05, 3.63) is 59.5 Å². The number of ether oxygens (including phenoxy) is 2. The van der Waals surface area contributed by atoms with Crippen molar-refractivity contribution in [1.82, 2.24) is 0 Å². The second kappa shape index (κ2) is 8.39. The van der Waals surface area contributed by atoms with E-state index in [2.05, 4.69) is 0 Å². The van der Waals surface area contributed by atoms with E-state index in [4.69, 9.17) is 20.4 Å². The lowest BCUT2D eigenvalue weighted by Gasteiger charge is -2.38. The SMILES string of the molecule is Cl.[2H]c1c([2H])c(C2(c3c([2H])c([2H])c(OC(C)=O)c([2H])c3[2H])CCCCC2)c([2H])c([2H])c1OC. The number of hydrogen-bond donors (Lipinski definition) is 0. The summed E-state index contributed by atoms with van der Waals surface area (Å²) in [6, 6.07) is -3.26. The Balaban J connectivity index is 0.00000385. The number of esters is 1. The Morgan fingerprint density at radius 3 is 1.84 bits per heavy atom. The van der Waals surface area contributed by atoms with E-state index in [-0.39, 0.29) is 53.5 Å². The lowest BCUT2D eigenvalue weighted by molar-refractivity contribution is -0.131. The predicted molar refractivity (Wildman–Crippen MR) is 102 cm³/mol. The van der Waals surface area contributed by atoms with Crippen molar-refractivity contribution < 1.29 is 25.2 Å².